The van der Waals surface area contributed by atoms with Gasteiger partial charge < -0.3 is 14.6 Å². The molecule has 1 heterocycles. The highest BCUT2D eigenvalue weighted by molar-refractivity contribution is 5.97. The van der Waals surface area contributed by atoms with E-state index < -0.39 is 17.4 Å². The number of hydrogen-bond acceptors (Lipinski definition) is 4. The van der Waals surface area contributed by atoms with Crippen LogP contribution in [0, 0.1) is 0 Å². The van der Waals surface area contributed by atoms with Gasteiger partial charge in [-0.05, 0) is 11.6 Å². The molecule has 0 saturated carbocycles. The van der Waals surface area contributed by atoms with Crippen LogP contribution in [0.1, 0.15) is 26.3 Å². The largest absolute Gasteiger partial charge is 0.462 e. The number of hydrogen-bond donors (Lipinski definition) is 1. The average molecular weight is 314 g/mol. The number of pyridine rings is 1. The van der Waals surface area contributed by atoms with E-state index in [9.17, 15) is 14.4 Å². The van der Waals surface area contributed by atoms with Gasteiger partial charge in [-0.1, -0.05) is 30.3 Å². The molecule has 0 aliphatic heterocycles. The number of rotatable bonds is 5. The summed E-state index contributed by atoms with van der Waals surface area (Å²) in [6, 6.07) is 10.9. The van der Waals surface area contributed by atoms with E-state index in [1.807, 2.05) is 30.3 Å². The Morgan fingerprint density at radius 2 is 1.91 bits per heavy atom. The molecule has 0 aliphatic carbocycles. The van der Waals surface area contributed by atoms with Crippen molar-refractivity contribution in [1.29, 1.82) is 0 Å². The summed E-state index contributed by atoms with van der Waals surface area (Å²) in [6.07, 6.45) is 1.96. The van der Waals surface area contributed by atoms with Gasteiger partial charge in [0.05, 0.1) is 12.2 Å². The molecule has 1 aromatic carbocycles. The first-order chi connectivity index (χ1) is 11.0. The molecule has 1 aromatic heterocycles. The van der Waals surface area contributed by atoms with Gasteiger partial charge in [-0.2, -0.15) is 0 Å². The second-order valence-electron chi connectivity index (χ2n) is 5.01. The Kier molecular flexibility index (Phi) is 5.30. The number of esters is 1. The summed E-state index contributed by atoms with van der Waals surface area (Å²) in [5.74, 6) is -1.11. The van der Waals surface area contributed by atoms with Gasteiger partial charge in [-0.3, -0.25) is 9.59 Å². The van der Waals surface area contributed by atoms with E-state index in [-0.39, 0.29) is 17.7 Å². The maximum atomic E-state index is 12.1. The standard InChI is InChI=1S/C17H18N2O4/c1-18-15(20)14-10-13(11-19(2)16(14)21)17(22)23-9-8-12-6-4-3-5-7-12/h3-7,10-11H,8-9H2,1-2H3,(H,18,20). The van der Waals surface area contributed by atoms with Crippen LogP contribution in [0.15, 0.2) is 47.4 Å². The lowest BCUT2D eigenvalue weighted by Crippen LogP contribution is -2.31. The van der Waals surface area contributed by atoms with Crippen molar-refractivity contribution in [3.63, 3.8) is 0 Å². The van der Waals surface area contributed by atoms with E-state index >= 15 is 0 Å². The van der Waals surface area contributed by atoms with Crippen LogP contribution in [0.4, 0.5) is 0 Å². The summed E-state index contributed by atoms with van der Waals surface area (Å²) in [6.45, 7) is 0.223. The Hall–Kier alpha value is -2.89. The highest BCUT2D eigenvalue weighted by Gasteiger charge is 2.16. The molecule has 1 N–H and O–H groups in total. The lowest BCUT2D eigenvalue weighted by molar-refractivity contribution is 0.0508. The second-order valence-corrected chi connectivity index (χ2v) is 5.01. The lowest BCUT2D eigenvalue weighted by atomic mass is 10.1. The predicted octanol–water partition coefficient (Wildman–Crippen LogP) is 1.14. The van der Waals surface area contributed by atoms with Crippen molar-refractivity contribution in [2.75, 3.05) is 13.7 Å². The molecule has 6 nitrogen and oxygen atoms in total. The van der Waals surface area contributed by atoms with Crippen molar-refractivity contribution in [2.45, 2.75) is 6.42 Å². The fraction of sp³-hybridized carbons (Fsp3) is 0.235. The summed E-state index contributed by atoms with van der Waals surface area (Å²) in [5, 5.41) is 2.38. The third-order valence-electron chi connectivity index (χ3n) is 3.36. The Bertz CT molecular complexity index is 766. The monoisotopic (exact) mass is 314 g/mol. The molecule has 0 saturated heterocycles. The highest BCUT2D eigenvalue weighted by atomic mass is 16.5. The van der Waals surface area contributed by atoms with Gasteiger partial charge >= 0.3 is 5.97 Å². The molecule has 23 heavy (non-hydrogen) atoms. The Morgan fingerprint density at radius 3 is 2.57 bits per heavy atom. The number of aryl methyl sites for hydroxylation is 1. The van der Waals surface area contributed by atoms with Crippen molar-refractivity contribution in [3.05, 3.63) is 69.6 Å². The van der Waals surface area contributed by atoms with E-state index in [0.717, 1.165) is 5.56 Å². The van der Waals surface area contributed by atoms with Gasteiger partial charge in [0, 0.05) is 26.7 Å². The SMILES string of the molecule is CNC(=O)c1cc(C(=O)OCCc2ccccc2)cn(C)c1=O. The van der Waals surface area contributed by atoms with Gasteiger partial charge in [0.25, 0.3) is 11.5 Å². The van der Waals surface area contributed by atoms with Gasteiger partial charge in [0.15, 0.2) is 0 Å². The second kappa shape index (κ2) is 7.40. The number of aromatic nitrogens is 1. The summed E-state index contributed by atoms with van der Waals surface area (Å²) in [7, 11) is 2.90. The Morgan fingerprint density at radius 1 is 1.22 bits per heavy atom. The van der Waals surface area contributed by atoms with E-state index in [4.69, 9.17) is 4.74 Å². The van der Waals surface area contributed by atoms with Crippen LogP contribution in [0.5, 0.6) is 0 Å². The molecule has 2 rings (SSSR count). The summed E-state index contributed by atoms with van der Waals surface area (Å²) < 4.78 is 6.40. The van der Waals surface area contributed by atoms with E-state index in [2.05, 4.69) is 5.32 Å². The van der Waals surface area contributed by atoms with Crippen molar-refractivity contribution in [3.8, 4) is 0 Å². The quantitative estimate of drug-likeness (QED) is 0.840. The fourth-order valence-electron chi connectivity index (χ4n) is 2.11. The minimum absolute atomic E-state index is 0.0903. The molecule has 0 aliphatic rings. The molecule has 0 fully saturated rings. The number of benzene rings is 1. The van der Waals surface area contributed by atoms with E-state index in [0.29, 0.717) is 6.42 Å². The van der Waals surface area contributed by atoms with Crippen LogP contribution in [-0.4, -0.2) is 30.1 Å². The van der Waals surface area contributed by atoms with Gasteiger partial charge in [0.1, 0.15) is 5.56 Å². The van der Waals surface area contributed by atoms with E-state index in [1.54, 1.807) is 0 Å². The van der Waals surface area contributed by atoms with Crippen LogP contribution < -0.4 is 10.9 Å². The minimum atomic E-state index is -0.568. The predicted molar refractivity (Wildman–Crippen MR) is 85.5 cm³/mol. The van der Waals surface area contributed by atoms with Crippen molar-refractivity contribution < 1.29 is 14.3 Å². The molecule has 6 heteroatoms. The minimum Gasteiger partial charge on any atom is -0.462 e. The van der Waals surface area contributed by atoms with Crippen molar-refractivity contribution in [1.82, 2.24) is 9.88 Å². The first-order valence-electron chi connectivity index (χ1n) is 7.16. The number of nitrogens with zero attached hydrogens (tertiary/aromatic N) is 1. The van der Waals surface area contributed by atoms with Crippen LogP contribution in [0.2, 0.25) is 0 Å². The normalized spacial score (nSPS) is 10.2. The maximum absolute atomic E-state index is 12.1. The smallest absolute Gasteiger partial charge is 0.339 e. The number of carbonyl (C=O) groups is 2. The van der Waals surface area contributed by atoms with Gasteiger partial charge in [-0.25, -0.2) is 4.79 Å². The first kappa shape index (κ1) is 16.5. The van der Waals surface area contributed by atoms with Gasteiger partial charge in [-0.15, -0.1) is 0 Å². The number of amides is 1. The first-order valence-corrected chi connectivity index (χ1v) is 7.16. The van der Waals surface area contributed by atoms with Gasteiger partial charge in [0.2, 0.25) is 0 Å². The number of ether oxygens (including phenoxy) is 1. The molecule has 0 atom stereocenters. The lowest BCUT2D eigenvalue weighted by Gasteiger charge is -2.08. The topological polar surface area (TPSA) is 77.4 Å². The average Bonchev–Trinajstić information content (AvgIpc) is 2.57. The third-order valence-corrected chi connectivity index (χ3v) is 3.36. The molecule has 1 amide bonds. The fourth-order valence-corrected chi connectivity index (χ4v) is 2.11. The van der Waals surface area contributed by atoms with Crippen molar-refractivity contribution >= 4 is 11.9 Å². The maximum Gasteiger partial charge on any atom is 0.339 e. The zero-order valence-corrected chi connectivity index (χ0v) is 13.0. The molecule has 0 bridgehead atoms. The summed E-state index contributed by atoms with van der Waals surface area (Å²) >= 11 is 0. The molecule has 2 aromatic rings. The van der Waals surface area contributed by atoms with Crippen LogP contribution >= 0.6 is 0 Å². The highest BCUT2D eigenvalue weighted by Crippen LogP contribution is 2.05. The Labute approximate surface area is 133 Å². The molecular weight excluding hydrogens is 296 g/mol. The number of carbonyl (C=O) groups excluding carboxylic acids is 2. The molecule has 0 unspecified atom stereocenters. The summed E-state index contributed by atoms with van der Waals surface area (Å²) in [4.78, 5) is 35.7. The molecule has 120 valence electrons. The zero-order valence-electron chi connectivity index (χ0n) is 13.0. The summed E-state index contributed by atoms with van der Waals surface area (Å²) in [5.41, 5.74) is 0.670. The van der Waals surface area contributed by atoms with Crippen LogP contribution in [0.25, 0.3) is 0 Å². The van der Waals surface area contributed by atoms with Crippen LogP contribution in [-0.2, 0) is 18.2 Å². The third kappa shape index (κ3) is 4.06. The molecular formula is C17H18N2O4. The number of nitrogens with one attached hydrogen (secondary N) is 1. The van der Waals surface area contributed by atoms with Crippen molar-refractivity contribution in [2.24, 2.45) is 7.05 Å². The molecule has 0 spiro atoms. The van der Waals surface area contributed by atoms with E-state index in [1.165, 1.54) is 30.9 Å². The van der Waals surface area contributed by atoms with Crippen LogP contribution in [0.3, 0.4) is 0 Å². The Balaban J connectivity index is 2.09. The molecule has 0 radical (unpaired) electrons. The zero-order chi connectivity index (χ0) is 16.8.